The number of alkyl halides is 1. The zero-order chi connectivity index (χ0) is 9.68. The second kappa shape index (κ2) is 5.40. The lowest BCUT2D eigenvalue weighted by molar-refractivity contribution is 0.624. The van der Waals surface area contributed by atoms with Crippen LogP contribution in [0.5, 0.6) is 0 Å². The van der Waals surface area contributed by atoms with Crippen LogP contribution in [-0.2, 0) is 0 Å². The zero-order valence-electron chi connectivity index (χ0n) is 6.93. The SMILES string of the molecule is Fc1ccc(Br)cc1C=CCCCl. The Morgan fingerprint density at radius 3 is 2.92 bits per heavy atom. The molecule has 0 fully saturated rings. The summed E-state index contributed by atoms with van der Waals surface area (Å²) in [5, 5.41) is 0. The highest BCUT2D eigenvalue weighted by molar-refractivity contribution is 9.10. The minimum absolute atomic E-state index is 0.214. The van der Waals surface area contributed by atoms with Gasteiger partial charge in [0.25, 0.3) is 0 Å². The van der Waals surface area contributed by atoms with E-state index in [0.29, 0.717) is 11.4 Å². The molecule has 0 heterocycles. The van der Waals surface area contributed by atoms with Gasteiger partial charge in [0.2, 0.25) is 0 Å². The van der Waals surface area contributed by atoms with Crippen LogP contribution in [0.2, 0.25) is 0 Å². The van der Waals surface area contributed by atoms with Gasteiger partial charge in [-0.2, -0.15) is 0 Å². The Hall–Kier alpha value is -0.340. The molecule has 13 heavy (non-hydrogen) atoms. The summed E-state index contributed by atoms with van der Waals surface area (Å²) in [5.41, 5.74) is 0.583. The van der Waals surface area contributed by atoms with E-state index in [4.69, 9.17) is 11.6 Å². The third kappa shape index (κ3) is 3.49. The highest BCUT2D eigenvalue weighted by atomic mass is 79.9. The molecular formula is C10H9BrClF. The molecule has 0 radical (unpaired) electrons. The van der Waals surface area contributed by atoms with E-state index < -0.39 is 0 Å². The molecule has 3 heteroatoms. The summed E-state index contributed by atoms with van der Waals surface area (Å²) < 4.78 is 14.0. The monoisotopic (exact) mass is 262 g/mol. The number of hydrogen-bond acceptors (Lipinski definition) is 0. The second-order valence-electron chi connectivity index (χ2n) is 2.55. The summed E-state index contributed by atoms with van der Waals surface area (Å²) in [4.78, 5) is 0. The van der Waals surface area contributed by atoms with Gasteiger partial charge in [-0.1, -0.05) is 28.1 Å². The van der Waals surface area contributed by atoms with Crippen LogP contribution in [0.1, 0.15) is 12.0 Å². The molecule has 1 aromatic carbocycles. The van der Waals surface area contributed by atoms with Gasteiger partial charge in [-0.3, -0.25) is 0 Å². The highest BCUT2D eigenvalue weighted by Gasteiger charge is 1.97. The molecule has 0 N–H and O–H groups in total. The summed E-state index contributed by atoms with van der Waals surface area (Å²) in [7, 11) is 0. The number of halogens is 3. The van der Waals surface area contributed by atoms with Crippen LogP contribution < -0.4 is 0 Å². The van der Waals surface area contributed by atoms with Crippen molar-refractivity contribution in [2.45, 2.75) is 6.42 Å². The van der Waals surface area contributed by atoms with Gasteiger partial charge >= 0.3 is 0 Å². The molecule has 0 spiro atoms. The first-order chi connectivity index (χ1) is 6.24. The van der Waals surface area contributed by atoms with Crippen LogP contribution in [0.4, 0.5) is 4.39 Å². The third-order valence-electron chi connectivity index (χ3n) is 1.53. The number of allylic oxidation sites excluding steroid dienone is 1. The van der Waals surface area contributed by atoms with Crippen LogP contribution in [0, 0.1) is 5.82 Å². The van der Waals surface area contributed by atoms with Crippen LogP contribution in [-0.4, -0.2) is 5.88 Å². The van der Waals surface area contributed by atoms with Gasteiger partial charge in [0, 0.05) is 15.9 Å². The van der Waals surface area contributed by atoms with Gasteiger partial charge in [-0.15, -0.1) is 11.6 Å². The van der Waals surface area contributed by atoms with Crippen LogP contribution >= 0.6 is 27.5 Å². The third-order valence-corrected chi connectivity index (χ3v) is 2.24. The maximum absolute atomic E-state index is 13.1. The van der Waals surface area contributed by atoms with Crippen molar-refractivity contribution >= 4 is 33.6 Å². The molecule has 0 aliphatic carbocycles. The van der Waals surface area contributed by atoms with Crippen molar-refractivity contribution in [2.24, 2.45) is 0 Å². The summed E-state index contributed by atoms with van der Waals surface area (Å²) in [6.45, 7) is 0. The first kappa shape index (κ1) is 10.7. The molecule has 0 atom stereocenters. The van der Waals surface area contributed by atoms with Crippen molar-refractivity contribution in [3.05, 3.63) is 40.1 Å². The van der Waals surface area contributed by atoms with Crippen LogP contribution in [0.25, 0.3) is 6.08 Å². The van der Waals surface area contributed by atoms with E-state index in [0.717, 1.165) is 10.9 Å². The maximum atomic E-state index is 13.1. The minimum atomic E-state index is -0.214. The van der Waals surface area contributed by atoms with Gasteiger partial charge in [-0.25, -0.2) is 4.39 Å². The Morgan fingerprint density at radius 1 is 1.46 bits per heavy atom. The van der Waals surface area contributed by atoms with Crippen molar-refractivity contribution in [3.63, 3.8) is 0 Å². The van der Waals surface area contributed by atoms with E-state index in [2.05, 4.69) is 15.9 Å². The molecule has 0 amide bonds. The number of benzene rings is 1. The highest BCUT2D eigenvalue weighted by Crippen LogP contribution is 2.16. The van der Waals surface area contributed by atoms with Gasteiger partial charge in [-0.05, 0) is 24.6 Å². The number of hydrogen-bond donors (Lipinski definition) is 0. The second-order valence-corrected chi connectivity index (χ2v) is 3.84. The summed E-state index contributed by atoms with van der Waals surface area (Å²) >= 11 is 8.76. The fraction of sp³-hybridized carbons (Fsp3) is 0.200. The van der Waals surface area contributed by atoms with Crippen molar-refractivity contribution in [3.8, 4) is 0 Å². The lowest BCUT2D eigenvalue weighted by atomic mass is 10.2. The molecule has 70 valence electrons. The summed E-state index contributed by atoms with van der Waals surface area (Å²) in [5.74, 6) is 0.348. The maximum Gasteiger partial charge on any atom is 0.130 e. The molecule has 0 unspecified atom stereocenters. The summed E-state index contributed by atoms with van der Waals surface area (Å²) in [6.07, 6.45) is 4.35. The van der Waals surface area contributed by atoms with Gasteiger partial charge in [0.1, 0.15) is 5.82 Å². The Morgan fingerprint density at radius 2 is 2.23 bits per heavy atom. The average molecular weight is 264 g/mol. The van der Waals surface area contributed by atoms with Gasteiger partial charge in [0.15, 0.2) is 0 Å². The lowest BCUT2D eigenvalue weighted by Gasteiger charge is -1.96. The predicted molar refractivity (Wildman–Crippen MR) is 58.5 cm³/mol. The van der Waals surface area contributed by atoms with Crippen molar-refractivity contribution in [1.29, 1.82) is 0 Å². The molecule has 1 rings (SSSR count). The molecule has 0 saturated heterocycles. The smallest absolute Gasteiger partial charge is 0.130 e. The van der Waals surface area contributed by atoms with Crippen LogP contribution in [0.15, 0.2) is 28.7 Å². The van der Waals surface area contributed by atoms with Crippen molar-refractivity contribution in [2.75, 3.05) is 5.88 Å². The topological polar surface area (TPSA) is 0 Å². The fourth-order valence-corrected chi connectivity index (χ4v) is 1.42. The minimum Gasteiger partial charge on any atom is -0.206 e. The van der Waals surface area contributed by atoms with E-state index >= 15 is 0 Å². The molecule has 0 aliphatic heterocycles. The van der Waals surface area contributed by atoms with Crippen molar-refractivity contribution in [1.82, 2.24) is 0 Å². The zero-order valence-corrected chi connectivity index (χ0v) is 9.28. The van der Waals surface area contributed by atoms with Gasteiger partial charge < -0.3 is 0 Å². The Bertz CT molecular complexity index is 310. The molecule has 0 saturated carbocycles. The molecule has 0 bridgehead atoms. The first-order valence-corrected chi connectivity index (χ1v) is 5.24. The molecule has 0 aromatic heterocycles. The quantitative estimate of drug-likeness (QED) is 0.716. The van der Waals surface area contributed by atoms with E-state index in [-0.39, 0.29) is 5.82 Å². The van der Waals surface area contributed by atoms with E-state index in [9.17, 15) is 4.39 Å². The normalized spacial score (nSPS) is 11.0. The Labute approximate surface area is 90.5 Å². The summed E-state index contributed by atoms with van der Waals surface area (Å²) in [6, 6.07) is 4.85. The number of rotatable bonds is 3. The fourth-order valence-electron chi connectivity index (χ4n) is 0.916. The first-order valence-electron chi connectivity index (χ1n) is 3.91. The molecule has 1 aromatic rings. The standard InChI is InChI=1S/C10H9BrClF/c11-9-4-5-10(13)8(7-9)3-1-2-6-12/h1,3-5,7H,2,6H2. The molecule has 0 nitrogen and oxygen atoms in total. The van der Waals surface area contributed by atoms with Crippen molar-refractivity contribution < 1.29 is 4.39 Å². The Kier molecular flexibility index (Phi) is 4.46. The van der Waals surface area contributed by atoms with E-state index in [1.54, 1.807) is 18.2 Å². The van der Waals surface area contributed by atoms with E-state index in [1.807, 2.05) is 6.08 Å². The van der Waals surface area contributed by atoms with E-state index in [1.165, 1.54) is 6.07 Å². The van der Waals surface area contributed by atoms with Crippen LogP contribution in [0.3, 0.4) is 0 Å². The predicted octanol–water partition coefficient (Wildman–Crippen LogP) is 4.23. The molecular weight excluding hydrogens is 254 g/mol. The average Bonchev–Trinajstić information content (AvgIpc) is 2.11. The molecule has 0 aliphatic rings. The van der Waals surface area contributed by atoms with Gasteiger partial charge in [0.05, 0.1) is 0 Å². The Balaban J connectivity index is 2.81. The lowest BCUT2D eigenvalue weighted by Crippen LogP contribution is -1.81. The largest absolute Gasteiger partial charge is 0.206 e.